The maximum absolute atomic E-state index is 12.7. The Labute approximate surface area is 196 Å². The number of rotatable bonds is 8. The van der Waals surface area contributed by atoms with E-state index in [2.05, 4.69) is 15.4 Å². The Hall–Kier alpha value is -3.21. The van der Waals surface area contributed by atoms with Gasteiger partial charge < -0.3 is 15.4 Å². The molecule has 0 radical (unpaired) electrons. The number of ether oxygens (including phenoxy) is 1. The number of para-hydroxylation sites is 1. The normalized spacial score (nSPS) is 15.7. The predicted octanol–water partition coefficient (Wildman–Crippen LogP) is 3.71. The van der Waals surface area contributed by atoms with E-state index < -0.39 is 15.9 Å². The molecule has 4 rings (SSSR count). The summed E-state index contributed by atoms with van der Waals surface area (Å²) in [5.41, 5.74) is 1.40. The molecular weight excluding hydrogens is 462 g/mol. The third-order valence-corrected chi connectivity index (χ3v) is 7.87. The zero-order valence-electron chi connectivity index (χ0n) is 17.6. The molecule has 2 amide bonds. The van der Waals surface area contributed by atoms with E-state index >= 15 is 0 Å². The fourth-order valence-corrected chi connectivity index (χ4v) is 5.45. The van der Waals surface area contributed by atoms with Crippen molar-refractivity contribution in [2.45, 2.75) is 23.2 Å². The quantitative estimate of drug-likeness (QED) is 0.450. The third-order valence-electron chi connectivity index (χ3n) is 5.09. The molecule has 172 valence electrons. The number of carbonyl (C=O) groups excluding carboxylic acids is 2. The van der Waals surface area contributed by atoms with Crippen LogP contribution in [0, 0.1) is 0 Å². The highest BCUT2D eigenvalue weighted by Crippen LogP contribution is 2.21. The Kier molecular flexibility index (Phi) is 7.07. The van der Waals surface area contributed by atoms with E-state index in [-0.39, 0.29) is 16.2 Å². The van der Waals surface area contributed by atoms with Crippen molar-refractivity contribution in [3.05, 3.63) is 77.2 Å². The van der Waals surface area contributed by atoms with Crippen LogP contribution in [0.1, 0.15) is 33.6 Å². The first-order chi connectivity index (χ1) is 15.9. The van der Waals surface area contributed by atoms with E-state index in [1.54, 1.807) is 35.7 Å². The maximum Gasteiger partial charge on any atom is 0.271 e. The van der Waals surface area contributed by atoms with Crippen LogP contribution in [0.25, 0.3) is 0 Å². The number of sulfonamides is 1. The number of benzene rings is 2. The van der Waals surface area contributed by atoms with Crippen molar-refractivity contribution in [2.75, 3.05) is 23.2 Å². The molecule has 0 unspecified atom stereocenters. The minimum absolute atomic E-state index is 0.0199. The number of nitrogens with one attached hydrogen (secondary N) is 3. The monoisotopic (exact) mass is 485 g/mol. The van der Waals surface area contributed by atoms with Crippen LogP contribution in [0.2, 0.25) is 0 Å². The fraction of sp³-hybridized carbons (Fsp3) is 0.217. The zero-order valence-corrected chi connectivity index (χ0v) is 19.2. The summed E-state index contributed by atoms with van der Waals surface area (Å²) in [6.07, 6.45) is 1.92. The highest BCUT2D eigenvalue weighted by Gasteiger charge is 2.19. The summed E-state index contributed by atoms with van der Waals surface area (Å²) in [7, 11) is -3.66. The van der Waals surface area contributed by atoms with E-state index in [0.717, 1.165) is 24.2 Å². The SMILES string of the molecule is O=C(Nc1ccccc1C(=O)NC[C@H]1CCCO1)c1ccc(NS(=O)(=O)c2cccs2)cc1. The summed E-state index contributed by atoms with van der Waals surface area (Å²) in [6, 6.07) is 16.0. The molecule has 1 aliphatic heterocycles. The van der Waals surface area contributed by atoms with Crippen LogP contribution in [0.4, 0.5) is 11.4 Å². The van der Waals surface area contributed by atoms with Crippen LogP contribution in [0.5, 0.6) is 0 Å². The molecule has 2 heterocycles. The lowest BCUT2D eigenvalue weighted by Gasteiger charge is -2.14. The number of amides is 2. The second kappa shape index (κ2) is 10.2. The molecule has 0 saturated carbocycles. The highest BCUT2D eigenvalue weighted by atomic mass is 32.2. The van der Waals surface area contributed by atoms with Crippen molar-refractivity contribution in [3.63, 3.8) is 0 Å². The Balaban J connectivity index is 1.40. The van der Waals surface area contributed by atoms with Gasteiger partial charge in [-0.25, -0.2) is 8.42 Å². The van der Waals surface area contributed by atoms with Gasteiger partial charge in [0, 0.05) is 24.4 Å². The standard InChI is InChI=1S/C23H23N3O5S2/c27-22(16-9-11-17(12-10-16)26-33(29,30)21-8-4-14-32-21)25-20-7-2-1-6-19(20)23(28)24-15-18-5-3-13-31-18/h1-2,4,6-12,14,18,26H,3,5,13,15H2,(H,24,28)(H,25,27)/t18-/m1/s1. The van der Waals surface area contributed by atoms with E-state index in [1.807, 2.05) is 0 Å². The second-order valence-corrected chi connectivity index (χ2v) is 10.3. The van der Waals surface area contributed by atoms with E-state index in [9.17, 15) is 18.0 Å². The molecule has 0 aliphatic carbocycles. The molecule has 1 aromatic heterocycles. The molecule has 2 aromatic carbocycles. The van der Waals surface area contributed by atoms with Gasteiger partial charge in [-0.2, -0.15) is 0 Å². The van der Waals surface area contributed by atoms with Gasteiger partial charge in [0.25, 0.3) is 21.8 Å². The van der Waals surface area contributed by atoms with Crippen LogP contribution >= 0.6 is 11.3 Å². The largest absolute Gasteiger partial charge is 0.376 e. The molecule has 3 N–H and O–H groups in total. The molecule has 0 spiro atoms. The molecule has 1 saturated heterocycles. The lowest BCUT2D eigenvalue weighted by atomic mass is 10.1. The van der Waals surface area contributed by atoms with Gasteiger partial charge in [0.15, 0.2) is 0 Å². The van der Waals surface area contributed by atoms with Gasteiger partial charge in [-0.1, -0.05) is 18.2 Å². The lowest BCUT2D eigenvalue weighted by molar-refractivity contribution is 0.0858. The van der Waals surface area contributed by atoms with Crippen LogP contribution < -0.4 is 15.4 Å². The molecule has 1 atom stereocenters. The Morgan fingerprint density at radius 3 is 2.48 bits per heavy atom. The minimum atomic E-state index is -3.66. The third kappa shape index (κ3) is 5.78. The number of carbonyl (C=O) groups is 2. The van der Waals surface area contributed by atoms with Crippen molar-refractivity contribution < 1.29 is 22.7 Å². The number of hydrogen-bond donors (Lipinski definition) is 3. The molecular formula is C23H23N3O5S2. The smallest absolute Gasteiger partial charge is 0.271 e. The summed E-state index contributed by atoms with van der Waals surface area (Å²) < 4.78 is 32.9. The number of thiophene rings is 1. The molecule has 10 heteroatoms. The average Bonchev–Trinajstić information content (AvgIpc) is 3.53. The maximum atomic E-state index is 12.7. The molecule has 8 nitrogen and oxygen atoms in total. The van der Waals surface area contributed by atoms with Crippen LogP contribution in [0.15, 0.2) is 70.3 Å². The van der Waals surface area contributed by atoms with Gasteiger partial charge in [-0.3, -0.25) is 14.3 Å². The van der Waals surface area contributed by atoms with Crippen molar-refractivity contribution in [1.82, 2.24) is 5.32 Å². The second-order valence-electron chi connectivity index (χ2n) is 7.46. The van der Waals surface area contributed by atoms with Gasteiger partial charge in [-0.15, -0.1) is 11.3 Å². The van der Waals surface area contributed by atoms with Gasteiger partial charge in [0.05, 0.1) is 17.4 Å². The Morgan fingerprint density at radius 2 is 1.79 bits per heavy atom. The van der Waals surface area contributed by atoms with Crippen molar-refractivity contribution in [1.29, 1.82) is 0 Å². The van der Waals surface area contributed by atoms with Gasteiger partial charge >= 0.3 is 0 Å². The van der Waals surface area contributed by atoms with Gasteiger partial charge in [0.1, 0.15) is 4.21 Å². The topological polar surface area (TPSA) is 114 Å². The van der Waals surface area contributed by atoms with Crippen LogP contribution in [-0.2, 0) is 14.8 Å². The molecule has 1 fully saturated rings. The Bertz CT molecular complexity index is 1220. The molecule has 3 aromatic rings. The first-order valence-corrected chi connectivity index (χ1v) is 12.8. The van der Waals surface area contributed by atoms with Crippen LogP contribution in [-0.4, -0.2) is 39.5 Å². The minimum Gasteiger partial charge on any atom is -0.376 e. The summed E-state index contributed by atoms with van der Waals surface area (Å²) in [4.78, 5) is 25.4. The molecule has 0 bridgehead atoms. The fourth-order valence-electron chi connectivity index (χ4n) is 3.40. The van der Waals surface area contributed by atoms with Crippen molar-refractivity contribution >= 4 is 44.5 Å². The summed E-state index contributed by atoms with van der Waals surface area (Å²) in [5.74, 6) is -0.707. The van der Waals surface area contributed by atoms with E-state index in [1.165, 1.54) is 30.3 Å². The van der Waals surface area contributed by atoms with Crippen LogP contribution in [0.3, 0.4) is 0 Å². The van der Waals surface area contributed by atoms with E-state index in [0.29, 0.717) is 35.7 Å². The molecule has 33 heavy (non-hydrogen) atoms. The molecule has 1 aliphatic rings. The Morgan fingerprint density at radius 1 is 1.00 bits per heavy atom. The first kappa shape index (κ1) is 23.0. The number of anilines is 2. The first-order valence-electron chi connectivity index (χ1n) is 10.4. The van der Waals surface area contributed by atoms with Crippen molar-refractivity contribution in [3.8, 4) is 0 Å². The number of hydrogen-bond acceptors (Lipinski definition) is 6. The zero-order chi connectivity index (χ0) is 23.3. The predicted molar refractivity (Wildman–Crippen MR) is 127 cm³/mol. The van der Waals surface area contributed by atoms with Crippen molar-refractivity contribution in [2.24, 2.45) is 0 Å². The average molecular weight is 486 g/mol. The van der Waals surface area contributed by atoms with E-state index in [4.69, 9.17) is 4.74 Å². The van der Waals surface area contributed by atoms with Gasteiger partial charge in [0.2, 0.25) is 0 Å². The lowest BCUT2D eigenvalue weighted by Crippen LogP contribution is -2.32. The van der Waals surface area contributed by atoms with Gasteiger partial charge in [-0.05, 0) is 60.7 Å². The summed E-state index contributed by atoms with van der Waals surface area (Å²) in [5, 5.41) is 7.30. The summed E-state index contributed by atoms with van der Waals surface area (Å²) >= 11 is 1.12. The highest BCUT2D eigenvalue weighted by molar-refractivity contribution is 7.94. The summed E-state index contributed by atoms with van der Waals surface area (Å²) in [6.45, 7) is 1.13.